The van der Waals surface area contributed by atoms with Crippen LogP contribution in [0.5, 0.6) is 0 Å². The molecular formula is C14H18N2O5. The summed E-state index contributed by atoms with van der Waals surface area (Å²) in [6.07, 6.45) is -1.88. The molecule has 3 atom stereocenters. The second-order valence-electron chi connectivity index (χ2n) is 5.01. The predicted octanol–water partition coefficient (Wildman–Crippen LogP) is 0.170. The number of aliphatic hydroxyl groups excluding tert-OH is 1. The molecule has 4 N–H and O–H groups in total. The van der Waals surface area contributed by atoms with Gasteiger partial charge in [0.25, 0.3) is 0 Å². The Morgan fingerprint density at radius 2 is 2.05 bits per heavy atom. The zero-order chi connectivity index (χ0) is 15.4. The van der Waals surface area contributed by atoms with Crippen LogP contribution in [0.4, 0.5) is 4.79 Å². The standard InChI is InChI=1S/C14H18N2O5/c15-12(11-6-10(17)7-16(11)14(19)20)13(18)21-8-9-4-2-1-3-5-9/h1-5,10-12,17H,6-8,15H2,(H,19,20). The lowest BCUT2D eigenvalue weighted by molar-refractivity contribution is -0.147. The molecule has 1 aliphatic heterocycles. The molecule has 1 aliphatic rings. The maximum Gasteiger partial charge on any atom is 0.407 e. The average molecular weight is 294 g/mol. The molecule has 0 bridgehead atoms. The van der Waals surface area contributed by atoms with Crippen LogP contribution in [0, 0.1) is 0 Å². The van der Waals surface area contributed by atoms with Crippen LogP contribution in [0.1, 0.15) is 12.0 Å². The van der Waals surface area contributed by atoms with Crippen LogP contribution in [0.25, 0.3) is 0 Å². The number of carbonyl (C=O) groups is 2. The third-order valence-electron chi connectivity index (χ3n) is 3.48. The van der Waals surface area contributed by atoms with Gasteiger partial charge in [-0.3, -0.25) is 4.79 Å². The van der Waals surface area contributed by atoms with Gasteiger partial charge in [-0.25, -0.2) is 4.79 Å². The molecule has 1 aromatic carbocycles. The van der Waals surface area contributed by atoms with Gasteiger partial charge < -0.3 is 25.6 Å². The lowest BCUT2D eigenvalue weighted by atomic mass is 10.1. The van der Waals surface area contributed by atoms with E-state index >= 15 is 0 Å². The monoisotopic (exact) mass is 294 g/mol. The molecule has 7 nitrogen and oxygen atoms in total. The fourth-order valence-corrected chi connectivity index (χ4v) is 2.39. The summed E-state index contributed by atoms with van der Waals surface area (Å²) in [5, 5.41) is 18.6. The number of amides is 1. The van der Waals surface area contributed by atoms with Gasteiger partial charge in [0.15, 0.2) is 0 Å². The Kier molecular flexibility index (Phi) is 4.77. The maximum absolute atomic E-state index is 11.9. The number of ether oxygens (including phenoxy) is 1. The van der Waals surface area contributed by atoms with Crippen LogP contribution in [0.3, 0.4) is 0 Å². The second-order valence-corrected chi connectivity index (χ2v) is 5.01. The molecule has 2 rings (SSSR count). The van der Waals surface area contributed by atoms with Gasteiger partial charge in [-0.2, -0.15) is 0 Å². The minimum Gasteiger partial charge on any atom is -0.465 e. The molecule has 21 heavy (non-hydrogen) atoms. The molecule has 1 fully saturated rings. The molecular weight excluding hydrogens is 276 g/mol. The van der Waals surface area contributed by atoms with E-state index in [2.05, 4.69) is 0 Å². The van der Waals surface area contributed by atoms with Gasteiger partial charge >= 0.3 is 12.1 Å². The number of likely N-dealkylation sites (tertiary alicyclic amines) is 1. The minimum absolute atomic E-state index is 0.0420. The van der Waals surface area contributed by atoms with E-state index in [9.17, 15) is 14.7 Å². The first-order chi connectivity index (χ1) is 9.99. The lowest BCUT2D eigenvalue weighted by Gasteiger charge is -2.25. The van der Waals surface area contributed by atoms with Gasteiger partial charge in [0.1, 0.15) is 12.6 Å². The number of hydrogen-bond acceptors (Lipinski definition) is 5. The predicted molar refractivity (Wildman–Crippen MR) is 73.4 cm³/mol. The number of benzene rings is 1. The van der Waals surface area contributed by atoms with E-state index in [0.717, 1.165) is 10.5 Å². The maximum atomic E-state index is 11.9. The number of nitrogens with two attached hydrogens (primary N) is 1. The molecule has 0 radical (unpaired) electrons. The number of carbonyl (C=O) groups excluding carboxylic acids is 1. The molecule has 3 unspecified atom stereocenters. The first-order valence-corrected chi connectivity index (χ1v) is 6.63. The SMILES string of the molecule is NC(C(=O)OCc1ccccc1)C1CC(O)CN1C(=O)O. The highest BCUT2D eigenvalue weighted by Gasteiger charge is 2.41. The van der Waals surface area contributed by atoms with Gasteiger partial charge in [-0.1, -0.05) is 30.3 Å². The largest absolute Gasteiger partial charge is 0.465 e. The molecule has 1 amide bonds. The number of nitrogens with zero attached hydrogens (tertiary/aromatic N) is 1. The Bertz CT molecular complexity index is 507. The molecule has 1 saturated heterocycles. The van der Waals surface area contributed by atoms with Crippen molar-refractivity contribution >= 4 is 12.1 Å². The van der Waals surface area contributed by atoms with Crippen molar-refractivity contribution in [2.75, 3.05) is 6.54 Å². The third kappa shape index (κ3) is 3.71. The van der Waals surface area contributed by atoms with E-state index < -0.39 is 30.3 Å². The summed E-state index contributed by atoms with van der Waals surface area (Å²) in [4.78, 5) is 24.0. The number of esters is 1. The van der Waals surface area contributed by atoms with Crippen LogP contribution < -0.4 is 5.73 Å². The summed E-state index contributed by atoms with van der Waals surface area (Å²) in [5.74, 6) is -0.677. The molecule has 114 valence electrons. The van der Waals surface area contributed by atoms with E-state index in [-0.39, 0.29) is 19.6 Å². The zero-order valence-electron chi connectivity index (χ0n) is 11.4. The fraction of sp³-hybridized carbons (Fsp3) is 0.429. The second kappa shape index (κ2) is 6.55. The van der Waals surface area contributed by atoms with Crippen LogP contribution in [0.2, 0.25) is 0 Å². The molecule has 1 aromatic rings. The smallest absolute Gasteiger partial charge is 0.407 e. The van der Waals surface area contributed by atoms with Crippen LogP contribution >= 0.6 is 0 Å². The summed E-state index contributed by atoms with van der Waals surface area (Å²) in [6.45, 7) is 0.0371. The Labute approximate surface area is 121 Å². The number of aliphatic hydroxyl groups is 1. The van der Waals surface area contributed by atoms with Gasteiger partial charge in [-0.15, -0.1) is 0 Å². The molecule has 0 aromatic heterocycles. The summed E-state index contributed by atoms with van der Waals surface area (Å²) in [6, 6.07) is 7.23. The van der Waals surface area contributed by atoms with Gasteiger partial charge in [0.05, 0.1) is 18.7 Å². The number of β-amino-alcohol motifs (C(OH)–C–C–N with tert-alkyl or cyclic N) is 1. The molecule has 0 saturated carbocycles. The minimum atomic E-state index is -1.21. The quantitative estimate of drug-likeness (QED) is 0.682. The Balaban J connectivity index is 1.94. The van der Waals surface area contributed by atoms with E-state index in [4.69, 9.17) is 15.6 Å². The summed E-state index contributed by atoms with van der Waals surface area (Å²) in [5.41, 5.74) is 6.61. The highest BCUT2D eigenvalue weighted by molar-refractivity contribution is 5.78. The van der Waals surface area contributed by atoms with Crippen molar-refractivity contribution in [1.82, 2.24) is 4.90 Å². The Morgan fingerprint density at radius 1 is 1.38 bits per heavy atom. The molecule has 1 heterocycles. The van der Waals surface area contributed by atoms with Gasteiger partial charge in [-0.05, 0) is 12.0 Å². The highest BCUT2D eigenvalue weighted by atomic mass is 16.5. The van der Waals surface area contributed by atoms with Crippen molar-refractivity contribution in [2.45, 2.75) is 31.2 Å². The average Bonchev–Trinajstić information content (AvgIpc) is 2.87. The van der Waals surface area contributed by atoms with Crippen molar-refractivity contribution in [3.8, 4) is 0 Å². The number of carboxylic acid groups (broad SMARTS) is 1. The fourth-order valence-electron chi connectivity index (χ4n) is 2.39. The lowest BCUT2D eigenvalue weighted by Crippen LogP contribution is -2.51. The van der Waals surface area contributed by atoms with Crippen molar-refractivity contribution in [1.29, 1.82) is 0 Å². The van der Waals surface area contributed by atoms with Gasteiger partial charge in [0.2, 0.25) is 0 Å². The number of hydrogen-bond donors (Lipinski definition) is 3. The van der Waals surface area contributed by atoms with Crippen molar-refractivity contribution < 1.29 is 24.5 Å². The highest BCUT2D eigenvalue weighted by Crippen LogP contribution is 2.21. The van der Waals surface area contributed by atoms with Gasteiger partial charge in [0, 0.05) is 0 Å². The molecule has 0 spiro atoms. The van der Waals surface area contributed by atoms with Crippen molar-refractivity contribution in [3.63, 3.8) is 0 Å². The first-order valence-electron chi connectivity index (χ1n) is 6.63. The van der Waals surface area contributed by atoms with Crippen LogP contribution in [0.15, 0.2) is 30.3 Å². The topological polar surface area (TPSA) is 113 Å². The normalized spacial score (nSPS) is 22.9. The first kappa shape index (κ1) is 15.3. The van der Waals surface area contributed by atoms with Crippen LogP contribution in [-0.4, -0.2) is 51.9 Å². The van der Waals surface area contributed by atoms with E-state index in [0.29, 0.717) is 0 Å². The van der Waals surface area contributed by atoms with E-state index in [1.165, 1.54) is 0 Å². The Hall–Kier alpha value is -2.12. The third-order valence-corrected chi connectivity index (χ3v) is 3.48. The Morgan fingerprint density at radius 3 is 2.67 bits per heavy atom. The summed E-state index contributed by atoms with van der Waals surface area (Å²) in [7, 11) is 0. The van der Waals surface area contributed by atoms with E-state index in [1.54, 1.807) is 0 Å². The molecule has 0 aliphatic carbocycles. The number of rotatable bonds is 4. The summed E-state index contributed by atoms with van der Waals surface area (Å²) >= 11 is 0. The van der Waals surface area contributed by atoms with E-state index in [1.807, 2.05) is 30.3 Å². The summed E-state index contributed by atoms with van der Waals surface area (Å²) < 4.78 is 5.10. The van der Waals surface area contributed by atoms with Crippen molar-refractivity contribution in [2.24, 2.45) is 5.73 Å². The van der Waals surface area contributed by atoms with Crippen molar-refractivity contribution in [3.05, 3.63) is 35.9 Å². The molecule has 7 heteroatoms. The van der Waals surface area contributed by atoms with Crippen LogP contribution in [-0.2, 0) is 16.1 Å². The zero-order valence-corrected chi connectivity index (χ0v) is 11.4.